The fourth-order valence-corrected chi connectivity index (χ4v) is 2.30. The molecule has 3 rings (SSSR count). The first kappa shape index (κ1) is 15.4. The van der Waals surface area contributed by atoms with E-state index in [0.29, 0.717) is 5.56 Å². The summed E-state index contributed by atoms with van der Waals surface area (Å²) >= 11 is 0. The monoisotopic (exact) mass is 309 g/mol. The number of nitrogens with zero attached hydrogens (tertiary/aromatic N) is 1. The van der Waals surface area contributed by atoms with Gasteiger partial charge in [0.1, 0.15) is 5.75 Å². The Balaban J connectivity index is 1.77. The average molecular weight is 309 g/mol. The van der Waals surface area contributed by atoms with Crippen LogP contribution in [0.2, 0.25) is 0 Å². The maximum atomic E-state index is 8.79. The number of rotatable bonds is 2. The highest BCUT2D eigenvalue weighted by atomic mass is 16.5. The molecule has 0 spiro atoms. The van der Waals surface area contributed by atoms with Crippen LogP contribution < -0.4 is 4.74 Å². The van der Waals surface area contributed by atoms with Crippen LogP contribution >= 0.6 is 0 Å². The van der Waals surface area contributed by atoms with Gasteiger partial charge in [0.2, 0.25) is 0 Å². The summed E-state index contributed by atoms with van der Waals surface area (Å²) in [5.74, 6) is 7.10. The Morgan fingerprint density at radius 2 is 1.04 bits per heavy atom. The molecule has 0 radical (unpaired) electrons. The topological polar surface area (TPSA) is 33.0 Å². The van der Waals surface area contributed by atoms with Gasteiger partial charge in [0.05, 0.1) is 18.7 Å². The number of benzene rings is 3. The van der Waals surface area contributed by atoms with Gasteiger partial charge in [-0.3, -0.25) is 0 Å². The molecule has 0 aliphatic carbocycles. The number of methoxy groups -OCH3 is 1. The van der Waals surface area contributed by atoms with Crippen molar-refractivity contribution in [1.29, 1.82) is 5.26 Å². The summed E-state index contributed by atoms with van der Waals surface area (Å²) in [5, 5.41) is 8.79. The second kappa shape index (κ2) is 7.18. The van der Waals surface area contributed by atoms with E-state index in [9.17, 15) is 0 Å². The molecule has 0 amide bonds. The van der Waals surface area contributed by atoms with E-state index in [1.54, 1.807) is 19.2 Å². The van der Waals surface area contributed by atoms with E-state index in [2.05, 4.69) is 30.0 Å². The molecule has 0 aliphatic rings. The minimum absolute atomic E-state index is 0.643. The zero-order valence-electron chi connectivity index (χ0n) is 13.3. The third-order valence-corrected chi connectivity index (χ3v) is 3.67. The third-order valence-electron chi connectivity index (χ3n) is 3.67. The highest BCUT2D eigenvalue weighted by Gasteiger charge is 1.98. The number of ether oxygens (including phenoxy) is 1. The maximum Gasteiger partial charge on any atom is 0.118 e. The van der Waals surface area contributed by atoms with Crippen LogP contribution in [-0.2, 0) is 0 Å². The number of hydrogen-bond acceptors (Lipinski definition) is 2. The first-order valence-corrected chi connectivity index (χ1v) is 7.55. The molecule has 0 saturated heterocycles. The molecule has 114 valence electrons. The molecule has 3 aromatic carbocycles. The molecule has 0 bridgehead atoms. The van der Waals surface area contributed by atoms with Crippen LogP contribution in [0.25, 0.3) is 11.1 Å². The Hall–Kier alpha value is -3.49. The van der Waals surface area contributed by atoms with Crippen molar-refractivity contribution in [3.05, 3.63) is 89.5 Å². The summed E-state index contributed by atoms with van der Waals surface area (Å²) < 4.78 is 5.18. The molecular formula is C22H15NO. The zero-order chi connectivity index (χ0) is 16.8. The molecule has 0 unspecified atom stereocenters. The summed E-state index contributed by atoms with van der Waals surface area (Å²) in [4.78, 5) is 0. The van der Waals surface area contributed by atoms with Crippen LogP contribution in [0.4, 0.5) is 0 Å². The lowest BCUT2D eigenvalue weighted by Gasteiger charge is -2.03. The second-order valence-corrected chi connectivity index (χ2v) is 5.25. The van der Waals surface area contributed by atoms with Gasteiger partial charge in [-0.1, -0.05) is 36.1 Å². The predicted octanol–water partition coefficient (Wildman–Crippen LogP) is 4.63. The van der Waals surface area contributed by atoms with Crippen molar-refractivity contribution in [3.63, 3.8) is 0 Å². The Kier molecular flexibility index (Phi) is 4.61. The smallest absolute Gasteiger partial charge is 0.118 e. The van der Waals surface area contributed by atoms with Crippen LogP contribution in [-0.4, -0.2) is 7.11 Å². The van der Waals surface area contributed by atoms with Crippen LogP contribution in [0, 0.1) is 23.2 Å². The molecular weight excluding hydrogens is 294 g/mol. The predicted molar refractivity (Wildman–Crippen MR) is 95.6 cm³/mol. The van der Waals surface area contributed by atoms with Crippen LogP contribution in [0.15, 0.2) is 72.8 Å². The maximum absolute atomic E-state index is 8.79. The largest absolute Gasteiger partial charge is 0.497 e. The van der Waals surface area contributed by atoms with Crippen molar-refractivity contribution in [1.82, 2.24) is 0 Å². The molecule has 2 nitrogen and oxygen atoms in total. The molecule has 0 atom stereocenters. The lowest BCUT2D eigenvalue weighted by atomic mass is 10.0. The van der Waals surface area contributed by atoms with Crippen LogP contribution in [0.1, 0.15) is 16.7 Å². The van der Waals surface area contributed by atoms with Gasteiger partial charge < -0.3 is 4.74 Å². The van der Waals surface area contributed by atoms with E-state index in [0.717, 1.165) is 28.0 Å². The minimum Gasteiger partial charge on any atom is -0.497 e. The van der Waals surface area contributed by atoms with E-state index in [1.807, 2.05) is 48.5 Å². The quantitative estimate of drug-likeness (QED) is 0.646. The van der Waals surface area contributed by atoms with E-state index >= 15 is 0 Å². The lowest BCUT2D eigenvalue weighted by molar-refractivity contribution is 0.415. The molecule has 0 aromatic heterocycles. The van der Waals surface area contributed by atoms with Crippen molar-refractivity contribution in [2.75, 3.05) is 7.11 Å². The number of nitriles is 1. The molecule has 0 saturated carbocycles. The van der Waals surface area contributed by atoms with Crippen molar-refractivity contribution in [2.24, 2.45) is 0 Å². The molecule has 3 aromatic rings. The zero-order valence-corrected chi connectivity index (χ0v) is 13.3. The molecule has 2 heteroatoms. The highest BCUT2D eigenvalue weighted by Crippen LogP contribution is 2.22. The van der Waals surface area contributed by atoms with Gasteiger partial charge in [0.25, 0.3) is 0 Å². The van der Waals surface area contributed by atoms with E-state index < -0.39 is 0 Å². The summed E-state index contributed by atoms with van der Waals surface area (Å²) in [6.45, 7) is 0. The SMILES string of the molecule is COc1ccc(-c2ccc(C#Cc3ccc(C#N)cc3)cc2)cc1. The molecule has 0 aliphatic heterocycles. The molecule has 0 heterocycles. The first-order chi connectivity index (χ1) is 11.8. The van der Waals surface area contributed by atoms with Gasteiger partial charge in [-0.15, -0.1) is 0 Å². The van der Waals surface area contributed by atoms with Gasteiger partial charge >= 0.3 is 0 Å². The van der Waals surface area contributed by atoms with Gasteiger partial charge in [-0.2, -0.15) is 5.26 Å². The summed E-state index contributed by atoms with van der Waals surface area (Å²) in [5.41, 5.74) is 4.78. The molecule has 0 fully saturated rings. The highest BCUT2D eigenvalue weighted by molar-refractivity contribution is 5.65. The van der Waals surface area contributed by atoms with Gasteiger partial charge in [0.15, 0.2) is 0 Å². The van der Waals surface area contributed by atoms with Crippen LogP contribution in [0.5, 0.6) is 5.75 Å². The fraction of sp³-hybridized carbons (Fsp3) is 0.0455. The Morgan fingerprint density at radius 3 is 1.50 bits per heavy atom. The van der Waals surface area contributed by atoms with Crippen LogP contribution in [0.3, 0.4) is 0 Å². The minimum atomic E-state index is 0.643. The summed E-state index contributed by atoms with van der Waals surface area (Å²) in [7, 11) is 1.66. The van der Waals surface area contributed by atoms with Gasteiger partial charge in [-0.25, -0.2) is 0 Å². The molecule has 24 heavy (non-hydrogen) atoms. The van der Waals surface area contributed by atoms with Crippen molar-refractivity contribution >= 4 is 0 Å². The average Bonchev–Trinajstić information content (AvgIpc) is 2.67. The van der Waals surface area contributed by atoms with Crippen molar-refractivity contribution in [2.45, 2.75) is 0 Å². The first-order valence-electron chi connectivity index (χ1n) is 7.55. The van der Waals surface area contributed by atoms with E-state index in [-0.39, 0.29) is 0 Å². The van der Waals surface area contributed by atoms with Gasteiger partial charge in [-0.05, 0) is 59.7 Å². The fourth-order valence-electron chi connectivity index (χ4n) is 2.30. The Labute approximate surface area is 142 Å². The Morgan fingerprint density at radius 1 is 0.625 bits per heavy atom. The Bertz CT molecular complexity index is 919. The van der Waals surface area contributed by atoms with E-state index in [1.165, 1.54) is 0 Å². The normalized spacial score (nSPS) is 9.50. The summed E-state index contributed by atoms with van der Waals surface area (Å²) in [6, 6.07) is 25.5. The standard InChI is InChI=1S/C22H15NO/c1-24-22-14-12-21(13-15-22)20-10-8-18(9-11-20)3-2-17-4-6-19(16-23)7-5-17/h4-15H,1H3. The van der Waals surface area contributed by atoms with Gasteiger partial charge in [0, 0.05) is 11.1 Å². The molecule has 0 N–H and O–H groups in total. The van der Waals surface area contributed by atoms with E-state index in [4.69, 9.17) is 10.00 Å². The summed E-state index contributed by atoms with van der Waals surface area (Å²) in [6.07, 6.45) is 0. The van der Waals surface area contributed by atoms with Crippen molar-refractivity contribution in [3.8, 4) is 34.8 Å². The third kappa shape index (κ3) is 3.64. The second-order valence-electron chi connectivity index (χ2n) is 5.25. The number of hydrogen-bond donors (Lipinski definition) is 0. The lowest BCUT2D eigenvalue weighted by Crippen LogP contribution is -1.83. The van der Waals surface area contributed by atoms with Crippen molar-refractivity contribution < 1.29 is 4.74 Å².